The molecule has 0 saturated heterocycles. The lowest BCUT2D eigenvalue weighted by atomic mass is 9.95. The minimum Gasteiger partial charge on any atom is -0.292 e. The van der Waals surface area contributed by atoms with Gasteiger partial charge in [0.15, 0.2) is 11.7 Å². The Hall–Kier alpha value is -2.54. The van der Waals surface area contributed by atoms with Gasteiger partial charge in [0, 0.05) is 11.8 Å². The second-order valence-electron chi connectivity index (χ2n) is 3.69. The molecule has 0 radical (unpaired) electrons. The van der Waals surface area contributed by atoms with Gasteiger partial charge < -0.3 is 0 Å². The molecule has 2 rings (SSSR count). The highest BCUT2D eigenvalue weighted by Gasteiger charge is 2.22. The number of hydrogen-bond acceptors (Lipinski definition) is 3. The minimum absolute atomic E-state index is 0.173. The lowest BCUT2D eigenvalue weighted by Crippen LogP contribution is -2.12. The Bertz CT molecular complexity index is 605. The molecule has 88 valence electrons. The molecule has 18 heavy (non-hydrogen) atoms. The van der Waals surface area contributed by atoms with E-state index < -0.39 is 17.5 Å². The number of pyridine rings is 1. The topological polar surface area (TPSA) is 53.8 Å². The number of nitrogens with zero attached hydrogens (tertiary/aromatic N) is 2. The van der Waals surface area contributed by atoms with Gasteiger partial charge in [0.2, 0.25) is 0 Å². The Balaban J connectivity index is 2.36. The molecule has 0 fully saturated rings. The van der Waals surface area contributed by atoms with E-state index in [-0.39, 0.29) is 5.56 Å². The first-order valence-corrected chi connectivity index (χ1v) is 5.32. The maximum Gasteiger partial charge on any atom is 0.186 e. The molecule has 0 aliphatic rings. The molecule has 0 aliphatic carbocycles. The molecule has 2 aromatic rings. The van der Waals surface area contributed by atoms with E-state index in [2.05, 4.69) is 4.98 Å². The Labute approximate surface area is 104 Å². The summed E-state index contributed by atoms with van der Waals surface area (Å²) >= 11 is 0. The second-order valence-corrected chi connectivity index (χ2v) is 3.69. The fourth-order valence-electron chi connectivity index (χ4n) is 1.61. The van der Waals surface area contributed by atoms with Gasteiger partial charge in [-0.1, -0.05) is 18.2 Å². The number of benzene rings is 1. The van der Waals surface area contributed by atoms with Gasteiger partial charge in [0.05, 0.1) is 11.8 Å². The van der Waals surface area contributed by atoms with Crippen molar-refractivity contribution in [2.75, 3.05) is 0 Å². The van der Waals surface area contributed by atoms with Crippen LogP contribution in [0.5, 0.6) is 0 Å². The van der Waals surface area contributed by atoms with Crippen molar-refractivity contribution in [1.82, 2.24) is 4.98 Å². The van der Waals surface area contributed by atoms with Gasteiger partial charge in [-0.2, -0.15) is 5.26 Å². The summed E-state index contributed by atoms with van der Waals surface area (Å²) in [5.74, 6) is -1.96. The van der Waals surface area contributed by atoms with Crippen molar-refractivity contribution in [1.29, 1.82) is 5.26 Å². The molecule has 0 bridgehead atoms. The van der Waals surface area contributed by atoms with Crippen LogP contribution < -0.4 is 0 Å². The first-order chi connectivity index (χ1) is 8.72. The van der Waals surface area contributed by atoms with Crippen LogP contribution in [0, 0.1) is 17.1 Å². The molecule has 0 spiro atoms. The zero-order chi connectivity index (χ0) is 13.0. The van der Waals surface area contributed by atoms with Crippen molar-refractivity contribution >= 4 is 5.78 Å². The molecule has 1 aromatic heterocycles. The van der Waals surface area contributed by atoms with Gasteiger partial charge in [-0.25, -0.2) is 4.39 Å². The third-order valence-electron chi connectivity index (χ3n) is 2.48. The highest BCUT2D eigenvalue weighted by Crippen LogP contribution is 2.18. The average molecular weight is 240 g/mol. The van der Waals surface area contributed by atoms with E-state index in [0.29, 0.717) is 5.69 Å². The normalized spacial score (nSPS) is 11.6. The molecular weight excluding hydrogens is 231 g/mol. The number of nitriles is 1. The number of rotatable bonds is 3. The number of hydrogen-bond donors (Lipinski definition) is 0. The van der Waals surface area contributed by atoms with Crippen LogP contribution in [0.25, 0.3) is 0 Å². The van der Waals surface area contributed by atoms with Gasteiger partial charge in [-0.05, 0) is 24.3 Å². The first kappa shape index (κ1) is 11.9. The zero-order valence-corrected chi connectivity index (χ0v) is 9.38. The fourth-order valence-corrected chi connectivity index (χ4v) is 1.61. The predicted octanol–water partition coefficient (Wildman–Crippen LogP) is 2.71. The summed E-state index contributed by atoms with van der Waals surface area (Å²) in [5.41, 5.74) is 0.543. The van der Waals surface area contributed by atoms with Crippen molar-refractivity contribution in [2.45, 2.75) is 5.92 Å². The Morgan fingerprint density at radius 2 is 2.11 bits per heavy atom. The van der Waals surface area contributed by atoms with Crippen LogP contribution in [0.2, 0.25) is 0 Å². The molecule has 1 unspecified atom stereocenters. The number of carbonyl (C=O) groups is 1. The van der Waals surface area contributed by atoms with Crippen molar-refractivity contribution in [3.63, 3.8) is 0 Å². The number of ketones is 1. The monoisotopic (exact) mass is 240 g/mol. The molecule has 3 nitrogen and oxygen atoms in total. The molecule has 0 N–H and O–H groups in total. The number of halogens is 1. The van der Waals surface area contributed by atoms with E-state index in [9.17, 15) is 9.18 Å². The van der Waals surface area contributed by atoms with Gasteiger partial charge >= 0.3 is 0 Å². The maximum atomic E-state index is 13.0. The largest absolute Gasteiger partial charge is 0.292 e. The molecule has 0 saturated carbocycles. The average Bonchev–Trinajstić information content (AvgIpc) is 2.41. The first-order valence-electron chi connectivity index (χ1n) is 5.32. The standard InChI is InChI=1S/C14H9FN2O/c15-11-5-3-4-10(8-11)14(18)12(9-16)13-6-1-2-7-17-13/h1-8,12H. The van der Waals surface area contributed by atoms with Crippen LogP contribution in [-0.2, 0) is 0 Å². The van der Waals surface area contributed by atoms with Crippen LogP contribution in [0.4, 0.5) is 4.39 Å². The summed E-state index contributed by atoms with van der Waals surface area (Å²) in [7, 11) is 0. The van der Waals surface area contributed by atoms with Crippen LogP contribution in [0.3, 0.4) is 0 Å². The van der Waals surface area contributed by atoms with E-state index in [1.165, 1.54) is 24.4 Å². The number of aromatic nitrogens is 1. The van der Waals surface area contributed by atoms with Gasteiger partial charge in [0.1, 0.15) is 5.82 Å². The lowest BCUT2D eigenvalue weighted by molar-refractivity contribution is 0.0977. The smallest absolute Gasteiger partial charge is 0.186 e. The Morgan fingerprint density at radius 1 is 1.28 bits per heavy atom. The molecule has 0 amide bonds. The van der Waals surface area contributed by atoms with Crippen molar-refractivity contribution in [2.24, 2.45) is 0 Å². The fraction of sp³-hybridized carbons (Fsp3) is 0.0714. The van der Waals surface area contributed by atoms with Crippen molar-refractivity contribution < 1.29 is 9.18 Å². The summed E-state index contributed by atoms with van der Waals surface area (Å²) in [6, 6.07) is 12.2. The van der Waals surface area contributed by atoms with E-state index in [0.717, 1.165) is 6.07 Å². The number of Topliss-reactive ketones (excluding diaryl/α,β-unsaturated/α-hetero) is 1. The molecule has 1 heterocycles. The van der Waals surface area contributed by atoms with Crippen molar-refractivity contribution in [3.8, 4) is 6.07 Å². The summed E-state index contributed by atoms with van der Waals surface area (Å²) in [6.45, 7) is 0. The van der Waals surface area contributed by atoms with Crippen molar-refractivity contribution in [3.05, 3.63) is 65.7 Å². The molecule has 4 heteroatoms. The van der Waals surface area contributed by atoms with Crippen LogP contribution >= 0.6 is 0 Å². The molecule has 0 aliphatic heterocycles. The summed E-state index contributed by atoms with van der Waals surface area (Å²) in [6.07, 6.45) is 1.51. The lowest BCUT2D eigenvalue weighted by Gasteiger charge is -2.07. The SMILES string of the molecule is N#CC(C(=O)c1cccc(F)c1)c1ccccn1. The van der Waals surface area contributed by atoms with Crippen LogP contribution in [0.15, 0.2) is 48.7 Å². The zero-order valence-electron chi connectivity index (χ0n) is 9.38. The second kappa shape index (κ2) is 5.19. The molecule has 1 aromatic carbocycles. The molecular formula is C14H9FN2O. The van der Waals surface area contributed by atoms with E-state index in [1.807, 2.05) is 6.07 Å². The molecule has 1 atom stereocenters. The van der Waals surface area contributed by atoms with Crippen LogP contribution in [0.1, 0.15) is 22.0 Å². The predicted molar refractivity (Wildman–Crippen MR) is 63.3 cm³/mol. The highest BCUT2D eigenvalue weighted by molar-refractivity contribution is 6.02. The third-order valence-corrected chi connectivity index (χ3v) is 2.48. The third kappa shape index (κ3) is 2.41. The van der Waals surface area contributed by atoms with Gasteiger partial charge in [-0.3, -0.25) is 9.78 Å². The van der Waals surface area contributed by atoms with Gasteiger partial charge in [-0.15, -0.1) is 0 Å². The van der Waals surface area contributed by atoms with Crippen LogP contribution in [-0.4, -0.2) is 10.8 Å². The highest BCUT2D eigenvalue weighted by atomic mass is 19.1. The van der Waals surface area contributed by atoms with E-state index in [4.69, 9.17) is 5.26 Å². The quantitative estimate of drug-likeness (QED) is 0.775. The maximum absolute atomic E-state index is 13.0. The Morgan fingerprint density at radius 3 is 2.72 bits per heavy atom. The van der Waals surface area contributed by atoms with Gasteiger partial charge in [0.25, 0.3) is 0 Å². The summed E-state index contributed by atoms with van der Waals surface area (Å²) in [4.78, 5) is 16.1. The summed E-state index contributed by atoms with van der Waals surface area (Å²) < 4.78 is 13.0. The Kier molecular flexibility index (Phi) is 3.44. The number of carbonyl (C=O) groups excluding carboxylic acids is 1. The van der Waals surface area contributed by atoms with E-state index in [1.54, 1.807) is 18.2 Å². The minimum atomic E-state index is -1.01. The van der Waals surface area contributed by atoms with E-state index >= 15 is 0 Å². The summed E-state index contributed by atoms with van der Waals surface area (Å²) in [5, 5.41) is 9.08.